The van der Waals surface area contributed by atoms with E-state index in [2.05, 4.69) is 10.5 Å². The molecule has 15 heteroatoms. The third-order valence-electron chi connectivity index (χ3n) is 7.90. The van der Waals surface area contributed by atoms with Crippen LogP contribution in [0.15, 0.2) is 64.6 Å². The van der Waals surface area contributed by atoms with Gasteiger partial charge >= 0.3 is 6.18 Å². The van der Waals surface area contributed by atoms with Gasteiger partial charge in [-0.05, 0) is 61.1 Å². The van der Waals surface area contributed by atoms with Gasteiger partial charge in [0.1, 0.15) is 12.2 Å². The zero-order chi connectivity index (χ0) is 32.0. The van der Waals surface area contributed by atoms with E-state index in [-0.39, 0.29) is 28.5 Å². The molecule has 3 aromatic carbocycles. The fourth-order valence-corrected chi connectivity index (χ4v) is 8.77. The number of nitrogens with zero attached hydrogens (tertiary/aromatic N) is 1. The predicted molar refractivity (Wildman–Crippen MR) is 147 cm³/mol. The van der Waals surface area contributed by atoms with E-state index >= 15 is 0 Å². The van der Waals surface area contributed by atoms with Crippen LogP contribution in [0.25, 0.3) is 0 Å². The van der Waals surface area contributed by atoms with Gasteiger partial charge in [-0.1, -0.05) is 28.9 Å². The first-order valence-electron chi connectivity index (χ1n) is 13.1. The van der Waals surface area contributed by atoms with Crippen LogP contribution in [0.4, 0.5) is 32.0 Å². The quantitative estimate of drug-likeness (QED) is 0.124. The van der Waals surface area contributed by atoms with Crippen molar-refractivity contribution in [1.82, 2.24) is 0 Å². The summed E-state index contributed by atoms with van der Waals surface area (Å²) in [5.74, 6) is -7.02. The van der Waals surface area contributed by atoms with Gasteiger partial charge in [-0.15, -0.1) is 0 Å². The van der Waals surface area contributed by atoms with E-state index in [1.165, 1.54) is 24.3 Å². The molecule has 0 radical (unpaired) electrons. The summed E-state index contributed by atoms with van der Waals surface area (Å²) in [4.78, 5) is 17.6. The maximum absolute atomic E-state index is 13.9. The van der Waals surface area contributed by atoms with Crippen molar-refractivity contribution in [2.24, 2.45) is 17.0 Å². The molecular formula is C29H23ClF6N2O5S. The Labute approximate surface area is 252 Å². The van der Waals surface area contributed by atoms with E-state index in [0.717, 1.165) is 24.4 Å². The maximum Gasteiger partial charge on any atom is 0.416 e. The molecule has 0 saturated heterocycles. The molecule has 0 spiro atoms. The lowest BCUT2D eigenvalue weighted by atomic mass is 9.85. The fourth-order valence-electron chi connectivity index (χ4n) is 5.86. The molecule has 2 N–H and O–H groups in total. The Morgan fingerprint density at radius 3 is 2.36 bits per heavy atom. The smallest absolute Gasteiger partial charge is 0.391 e. The second-order valence-corrected chi connectivity index (χ2v) is 13.2. The first kappa shape index (κ1) is 31.8. The average Bonchev–Trinajstić information content (AvgIpc) is 3.50. The number of hydrogen-bond acceptors (Lipinski definition) is 6. The molecule has 3 aromatic rings. The monoisotopic (exact) mass is 660 g/mol. The van der Waals surface area contributed by atoms with Crippen LogP contribution in [0.5, 0.6) is 0 Å². The Bertz CT molecular complexity index is 1710. The summed E-state index contributed by atoms with van der Waals surface area (Å²) in [6, 6.07) is 8.76. The summed E-state index contributed by atoms with van der Waals surface area (Å²) in [5.41, 5.74) is -2.71. The topological polar surface area (TPSA) is 105 Å². The number of anilines is 1. The van der Waals surface area contributed by atoms with Gasteiger partial charge in [-0.2, -0.15) is 13.2 Å². The van der Waals surface area contributed by atoms with Gasteiger partial charge in [0.2, 0.25) is 0 Å². The minimum atomic E-state index is -4.48. The molecule has 2 aliphatic carbocycles. The molecule has 0 heterocycles. The van der Waals surface area contributed by atoms with Gasteiger partial charge in [0.15, 0.2) is 27.3 Å². The molecule has 2 unspecified atom stereocenters. The zero-order valence-corrected chi connectivity index (χ0v) is 24.0. The fraction of sp³-hybridized carbons (Fsp3) is 0.310. The molecule has 1 amide bonds. The van der Waals surface area contributed by atoms with Crippen LogP contribution >= 0.6 is 11.6 Å². The van der Waals surface area contributed by atoms with Gasteiger partial charge in [0, 0.05) is 29.3 Å². The lowest BCUT2D eigenvalue weighted by Crippen LogP contribution is -2.40. The number of amides is 1. The SMILES string of the molecule is O=C(Nc1cc(F)c(F)c(F)c1)c1ccc(Cl)c(S(=O)(=O)[C@@H]2C3CCC2[C@@](O)(/C=N/OCc2ccc(C(F)(F)F)cc2)C3)c1. The number of carbonyl (C=O) groups is 1. The summed E-state index contributed by atoms with van der Waals surface area (Å²) in [5, 5.41) is 16.0. The summed E-state index contributed by atoms with van der Waals surface area (Å²) in [6.07, 6.45) is -2.54. The van der Waals surface area contributed by atoms with Gasteiger partial charge in [0.05, 0.1) is 26.9 Å². The highest BCUT2D eigenvalue weighted by Crippen LogP contribution is 2.54. The molecular weight excluding hydrogens is 638 g/mol. The number of oxime groups is 1. The Balaban J connectivity index is 1.30. The molecule has 0 aromatic heterocycles. The van der Waals surface area contributed by atoms with Crippen LogP contribution in [-0.4, -0.2) is 36.5 Å². The standard InChI is InChI=1S/C29H23ClF6N2O5S/c30-21-8-4-16(27(39)38-19-10-22(31)25(33)23(32)11-19)9-24(21)44(41,42)26-17-3-7-20(26)28(40,12-17)14-37-43-13-15-1-5-18(6-2-15)29(34,35)36/h1-2,4-6,8-11,14,17,20,26,40H,3,7,12-13H2,(H,38,39)/b37-14+/t17?,20?,26-,28+/m1/s1. The van der Waals surface area contributed by atoms with Crippen molar-refractivity contribution >= 4 is 39.2 Å². The lowest BCUT2D eigenvalue weighted by molar-refractivity contribution is -0.137. The Hall–Kier alpha value is -3.62. The van der Waals surface area contributed by atoms with Crippen LogP contribution in [0.2, 0.25) is 5.02 Å². The van der Waals surface area contributed by atoms with Crippen LogP contribution < -0.4 is 5.32 Å². The van der Waals surface area contributed by atoms with E-state index in [4.69, 9.17) is 16.4 Å². The van der Waals surface area contributed by atoms with Crippen LogP contribution in [0, 0.1) is 29.3 Å². The number of fused-ring (bicyclic) bond motifs is 2. The van der Waals surface area contributed by atoms with E-state index < -0.39 is 73.3 Å². The first-order chi connectivity index (χ1) is 20.6. The highest BCUT2D eigenvalue weighted by Gasteiger charge is 2.61. The number of benzene rings is 3. The van der Waals surface area contributed by atoms with Crippen molar-refractivity contribution in [1.29, 1.82) is 0 Å². The minimum Gasteiger partial charge on any atom is -0.391 e. The zero-order valence-electron chi connectivity index (χ0n) is 22.4. The Morgan fingerprint density at radius 2 is 1.73 bits per heavy atom. The summed E-state index contributed by atoms with van der Waals surface area (Å²) in [6.45, 7) is -0.192. The van der Waals surface area contributed by atoms with Crippen LogP contribution in [0.3, 0.4) is 0 Å². The molecule has 2 bridgehead atoms. The van der Waals surface area contributed by atoms with E-state index in [1.807, 2.05) is 0 Å². The number of nitrogens with one attached hydrogen (secondary N) is 1. The van der Waals surface area contributed by atoms with Gasteiger partial charge < -0.3 is 15.3 Å². The van der Waals surface area contributed by atoms with Crippen LogP contribution in [0.1, 0.15) is 40.7 Å². The molecule has 5 rings (SSSR count). The Morgan fingerprint density at radius 1 is 1.07 bits per heavy atom. The highest BCUT2D eigenvalue weighted by atomic mass is 35.5. The van der Waals surface area contributed by atoms with Crippen molar-refractivity contribution in [2.75, 3.05) is 5.32 Å². The molecule has 2 saturated carbocycles. The van der Waals surface area contributed by atoms with Crippen molar-refractivity contribution in [3.8, 4) is 0 Å². The number of aliphatic hydroxyl groups is 1. The maximum atomic E-state index is 13.9. The number of sulfone groups is 1. The normalized spacial score (nSPS) is 23.3. The predicted octanol–water partition coefficient (Wildman–Crippen LogP) is 6.53. The first-order valence-corrected chi connectivity index (χ1v) is 15.1. The third kappa shape index (κ3) is 6.15. The minimum absolute atomic E-state index is 0.0359. The van der Waals surface area contributed by atoms with Crippen molar-refractivity contribution in [3.05, 3.63) is 93.8 Å². The molecule has 2 aliphatic rings. The van der Waals surface area contributed by atoms with Crippen molar-refractivity contribution in [2.45, 2.75) is 47.8 Å². The second kappa shape index (κ2) is 11.7. The van der Waals surface area contributed by atoms with E-state index in [9.17, 15) is 44.7 Å². The second-order valence-electron chi connectivity index (χ2n) is 10.7. The largest absolute Gasteiger partial charge is 0.416 e. The Kier molecular flexibility index (Phi) is 8.46. The average molecular weight is 661 g/mol. The van der Waals surface area contributed by atoms with Gasteiger partial charge in [-0.3, -0.25) is 4.79 Å². The van der Waals surface area contributed by atoms with E-state index in [0.29, 0.717) is 30.5 Å². The number of halogens is 7. The van der Waals surface area contributed by atoms with E-state index in [1.54, 1.807) is 0 Å². The summed E-state index contributed by atoms with van der Waals surface area (Å²) >= 11 is 6.24. The molecule has 7 nitrogen and oxygen atoms in total. The number of carbonyl (C=O) groups excluding carboxylic acids is 1. The van der Waals surface area contributed by atoms with Crippen molar-refractivity contribution < 1.29 is 49.5 Å². The summed E-state index contributed by atoms with van der Waals surface area (Å²) in [7, 11) is -4.25. The lowest BCUT2D eigenvalue weighted by Gasteiger charge is -2.28. The third-order valence-corrected chi connectivity index (χ3v) is 10.7. The highest BCUT2D eigenvalue weighted by molar-refractivity contribution is 7.92. The number of hydrogen-bond donors (Lipinski definition) is 2. The molecule has 44 heavy (non-hydrogen) atoms. The summed E-state index contributed by atoms with van der Waals surface area (Å²) < 4.78 is 106. The van der Waals surface area contributed by atoms with Gasteiger partial charge in [0.25, 0.3) is 5.91 Å². The molecule has 2 fully saturated rings. The number of rotatable bonds is 8. The molecule has 0 aliphatic heterocycles. The molecule has 234 valence electrons. The molecule has 4 atom stereocenters. The van der Waals surface area contributed by atoms with Crippen LogP contribution in [-0.2, 0) is 27.5 Å². The van der Waals surface area contributed by atoms with Gasteiger partial charge in [-0.25, -0.2) is 21.6 Å². The van der Waals surface area contributed by atoms with Crippen molar-refractivity contribution in [3.63, 3.8) is 0 Å². The number of alkyl halides is 3.